The third-order valence-electron chi connectivity index (χ3n) is 3.03. The third kappa shape index (κ3) is 5.46. The number of hydrogen-bond acceptors (Lipinski definition) is 3. The predicted molar refractivity (Wildman–Crippen MR) is 94.1 cm³/mol. The van der Waals surface area contributed by atoms with Gasteiger partial charge in [0.15, 0.2) is 0 Å². The van der Waals surface area contributed by atoms with Gasteiger partial charge in [-0.05, 0) is 65.1 Å². The number of halogens is 1. The fourth-order valence-corrected chi connectivity index (χ4v) is 3.46. The molecular formula is C17H22BrNOS. The summed E-state index contributed by atoms with van der Waals surface area (Å²) in [5, 5.41) is 3.47. The van der Waals surface area contributed by atoms with E-state index in [1.165, 1.54) is 15.3 Å². The minimum atomic E-state index is 0.622. The van der Waals surface area contributed by atoms with Crippen molar-refractivity contribution in [2.24, 2.45) is 5.92 Å². The average molecular weight is 368 g/mol. The van der Waals surface area contributed by atoms with E-state index in [0.29, 0.717) is 12.5 Å². The van der Waals surface area contributed by atoms with Crippen LogP contribution in [0.5, 0.6) is 5.75 Å². The lowest BCUT2D eigenvalue weighted by Gasteiger charge is -2.07. The van der Waals surface area contributed by atoms with Crippen LogP contribution in [-0.2, 0) is 13.2 Å². The zero-order valence-corrected chi connectivity index (χ0v) is 15.2. The van der Waals surface area contributed by atoms with E-state index in [1.807, 2.05) is 17.4 Å². The molecule has 2 rings (SSSR count). The van der Waals surface area contributed by atoms with Crippen LogP contribution in [0.15, 0.2) is 34.8 Å². The van der Waals surface area contributed by atoms with Crippen molar-refractivity contribution in [1.29, 1.82) is 0 Å². The van der Waals surface area contributed by atoms with Gasteiger partial charge in [-0.2, -0.15) is 0 Å². The van der Waals surface area contributed by atoms with Gasteiger partial charge in [0.25, 0.3) is 0 Å². The molecule has 0 bridgehead atoms. The van der Waals surface area contributed by atoms with Crippen LogP contribution in [-0.4, -0.2) is 6.54 Å². The Morgan fingerprint density at radius 2 is 1.95 bits per heavy atom. The van der Waals surface area contributed by atoms with Gasteiger partial charge in [-0.25, -0.2) is 0 Å². The topological polar surface area (TPSA) is 21.3 Å². The molecule has 2 nitrogen and oxygen atoms in total. The first-order chi connectivity index (χ1) is 10.0. The summed E-state index contributed by atoms with van der Waals surface area (Å²) in [6, 6.07) is 10.5. The Hall–Kier alpha value is -0.840. The maximum Gasteiger partial charge on any atom is 0.134 e. The molecule has 0 fully saturated rings. The number of nitrogens with one attached hydrogen (secondary N) is 1. The van der Waals surface area contributed by atoms with E-state index in [1.54, 1.807) is 0 Å². The first kappa shape index (κ1) is 16.5. The lowest BCUT2D eigenvalue weighted by atomic mass is 10.2. The monoisotopic (exact) mass is 367 g/mol. The van der Waals surface area contributed by atoms with E-state index in [9.17, 15) is 0 Å². The third-order valence-corrected chi connectivity index (χ3v) is 4.70. The van der Waals surface area contributed by atoms with Crippen molar-refractivity contribution in [3.05, 3.63) is 50.1 Å². The van der Waals surface area contributed by atoms with Crippen molar-refractivity contribution in [1.82, 2.24) is 5.32 Å². The quantitative estimate of drug-likeness (QED) is 0.730. The van der Waals surface area contributed by atoms with Gasteiger partial charge in [0, 0.05) is 16.3 Å². The van der Waals surface area contributed by atoms with E-state index < -0.39 is 0 Å². The molecule has 0 unspecified atom stereocenters. The van der Waals surface area contributed by atoms with Gasteiger partial charge in [0.2, 0.25) is 0 Å². The summed E-state index contributed by atoms with van der Waals surface area (Å²) < 4.78 is 6.89. The van der Waals surface area contributed by atoms with Crippen molar-refractivity contribution in [3.8, 4) is 5.75 Å². The predicted octanol–water partition coefficient (Wildman–Crippen LogP) is 5.14. The Morgan fingerprint density at radius 1 is 1.19 bits per heavy atom. The summed E-state index contributed by atoms with van der Waals surface area (Å²) in [7, 11) is 0. The number of benzene rings is 1. The van der Waals surface area contributed by atoms with Crippen molar-refractivity contribution in [2.45, 2.75) is 33.9 Å². The molecule has 0 saturated heterocycles. The molecule has 114 valence electrons. The minimum Gasteiger partial charge on any atom is -0.487 e. The number of ether oxygens (including phenoxy) is 1. The van der Waals surface area contributed by atoms with Crippen LogP contribution in [0.4, 0.5) is 0 Å². The Labute approximate surface area is 139 Å². The maximum absolute atomic E-state index is 5.88. The second kappa shape index (κ2) is 7.97. The number of rotatable bonds is 7. The van der Waals surface area contributed by atoms with Gasteiger partial charge in [-0.3, -0.25) is 0 Å². The smallest absolute Gasteiger partial charge is 0.134 e. The fraction of sp³-hybridized carbons (Fsp3) is 0.412. The molecule has 0 amide bonds. The minimum absolute atomic E-state index is 0.622. The molecule has 0 radical (unpaired) electrons. The molecule has 1 aromatic carbocycles. The van der Waals surface area contributed by atoms with E-state index >= 15 is 0 Å². The van der Waals surface area contributed by atoms with Gasteiger partial charge in [0.05, 0.1) is 4.47 Å². The molecule has 2 aromatic rings. The molecule has 0 aliphatic heterocycles. The van der Waals surface area contributed by atoms with Crippen molar-refractivity contribution < 1.29 is 4.74 Å². The molecule has 0 aliphatic carbocycles. The Balaban J connectivity index is 1.85. The lowest BCUT2D eigenvalue weighted by molar-refractivity contribution is 0.308. The summed E-state index contributed by atoms with van der Waals surface area (Å²) in [5.74, 6) is 1.58. The Kier molecular flexibility index (Phi) is 6.27. The molecule has 21 heavy (non-hydrogen) atoms. The van der Waals surface area contributed by atoms with Crippen LogP contribution in [0.25, 0.3) is 0 Å². The van der Waals surface area contributed by atoms with Crippen LogP contribution < -0.4 is 10.1 Å². The van der Waals surface area contributed by atoms with Crippen LogP contribution >= 0.6 is 27.3 Å². The van der Waals surface area contributed by atoms with E-state index in [0.717, 1.165) is 23.3 Å². The molecule has 4 heteroatoms. The molecule has 0 atom stereocenters. The number of thiophene rings is 1. The number of aryl methyl sites for hydroxylation is 1. The second-order valence-electron chi connectivity index (χ2n) is 5.62. The molecule has 0 saturated carbocycles. The highest BCUT2D eigenvalue weighted by molar-refractivity contribution is 9.10. The summed E-state index contributed by atoms with van der Waals surface area (Å²) in [6.45, 7) is 9.14. The molecule has 1 aromatic heterocycles. The Morgan fingerprint density at radius 3 is 2.67 bits per heavy atom. The maximum atomic E-state index is 5.88. The summed E-state index contributed by atoms with van der Waals surface area (Å²) >= 11 is 5.35. The lowest BCUT2D eigenvalue weighted by Crippen LogP contribution is -2.18. The van der Waals surface area contributed by atoms with Crippen LogP contribution in [0, 0.1) is 12.8 Å². The van der Waals surface area contributed by atoms with Gasteiger partial charge in [0.1, 0.15) is 12.4 Å². The Bertz CT molecular complexity index is 580. The molecule has 1 heterocycles. The standard InChI is InChI=1S/C17H22BrNOS/c1-12(2)9-19-10-14-5-6-15(21-14)11-20-17-7-4-13(3)8-16(17)18/h4-8,12,19H,9-11H2,1-3H3. The normalized spacial score (nSPS) is 11.1. The van der Waals surface area contributed by atoms with Crippen LogP contribution in [0.3, 0.4) is 0 Å². The van der Waals surface area contributed by atoms with Crippen LogP contribution in [0.2, 0.25) is 0 Å². The first-order valence-electron chi connectivity index (χ1n) is 7.22. The van der Waals surface area contributed by atoms with E-state index in [4.69, 9.17) is 4.74 Å². The van der Waals surface area contributed by atoms with Crippen molar-refractivity contribution in [3.63, 3.8) is 0 Å². The molecule has 1 N–H and O–H groups in total. The van der Waals surface area contributed by atoms with Crippen LogP contribution in [0.1, 0.15) is 29.2 Å². The van der Waals surface area contributed by atoms with Gasteiger partial charge >= 0.3 is 0 Å². The highest BCUT2D eigenvalue weighted by Gasteiger charge is 2.04. The van der Waals surface area contributed by atoms with Crippen molar-refractivity contribution in [2.75, 3.05) is 6.54 Å². The molecular weight excluding hydrogens is 346 g/mol. The first-order valence-corrected chi connectivity index (χ1v) is 8.83. The highest BCUT2D eigenvalue weighted by atomic mass is 79.9. The van der Waals surface area contributed by atoms with E-state index in [-0.39, 0.29) is 0 Å². The summed E-state index contributed by atoms with van der Waals surface area (Å²) in [4.78, 5) is 2.61. The fourth-order valence-electron chi connectivity index (χ4n) is 1.95. The van der Waals surface area contributed by atoms with E-state index in [2.05, 4.69) is 66.3 Å². The average Bonchev–Trinajstić information content (AvgIpc) is 2.85. The van der Waals surface area contributed by atoms with Gasteiger partial charge < -0.3 is 10.1 Å². The van der Waals surface area contributed by atoms with Gasteiger partial charge in [-0.15, -0.1) is 11.3 Å². The highest BCUT2D eigenvalue weighted by Crippen LogP contribution is 2.27. The molecule has 0 aliphatic rings. The zero-order chi connectivity index (χ0) is 15.2. The van der Waals surface area contributed by atoms with Gasteiger partial charge in [-0.1, -0.05) is 19.9 Å². The summed E-state index contributed by atoms with van der Waals surface area (Å²) in [6.07, 6.45) is 0. The number of hydrogen-bond donors (Lipinski definition) is 1. The SMILES string of the molecule is Cc1ccc(OCc2ccc(CNCC(C)C)s2)c(Br)c1. The van der Waals surface area contributed by atoms with Crippen molar-refractivity contribution >= 4 is 27.3 Å². The second-order valence-corrected chi connectivity index (χ2v) is 7.72. The molecule has 0 spiro atoms. The summed E-state index contributed by atoms with van der Waals surface area (Å²) in [5.41, 5.74) is 1.23. The largest absolute Gasteiger partial charge is 0.487 e. The zero-order valence-electron chi connectivity index (χ0n) is 12.8.